The zero-order chi connectivity index (χ0) is 7.28. The molecule has 0 saturated heterocycles. The maximum absolute atomic E-state index is 10.3. The van der Waals surface area contributed by atoms with Crippen molar-refractivity contribution in [2.75, 3.05) is 13.7 Å². The average molecular weight is 130 g/mol. The second kappa shape index (κ2) is 3.88. The number of ether oxygens (including phenoxy) is 1. The van der Waals surface area contributed by atoms with E-state index in [9.17, 15) is 4.79 Å². The van der Waals surface area contributed by atoms with Crippen molar-refractivity contribution in [3.63, 3.8) is 0 Å². The molecule has 0 aromatic rings. The first kappa shape index (κ1) is 7.94. The lowest BCUT2D eigenvalue weighted by atomic mass is 10.4. The minimum absolute atomic E-state index is 0.257. The van der Waals surface area contributed by atoms with Crippen LogP contribution in [-0.2, 0) is 4.74 Å². The van der Waals surface area contributed by atoms with E-state index in [2.05, 4.69) is 10.1 Å². The van der Waals surface area contributed by atoms with Crippen molar-refractivity contribution in [1.82, 2.24) is 5.32 Å². The van der Waals surface area contributed by atoms with Crippen LogP contribution in [0.2, 0.25) is 0 Å². The summed E-state index contributed by atoms with van der Waals surface area (Å²) in [5.41, 5.74) is 0.403. The molecule has 4 nitrogen and oxygen atoms in total. The van der Waals surface area contributed by atoms with E-state index in [1.807, 2.05) is 0 Å². The predicted octanol–water partition coefficient (Wildman–Crippen LogP) is 0.382. The van der Waals surface area contributed by atoms with Crippen LogP contribution in [0.4, 0.5) is 4.79 Å². The average Bonchev–Trinajstić information content (AvgIpc) is 1.83. The summed E-state index contributed by atoms with van der Waals surface area (Å²) in [6.45, 7) is 1.86. The molecular weight excluding hydrogens is 120 g/mol. The lowest BCUT2D eigenvalue weighted by Gasteiger charge is -1.99. The van der Waals surface area contributed by atoms with Crippen molar-refractivity contribution >= 4 is 11.8 Å². The molecule has 0 aliphatic heterocycles. The fourth-order valence-corrected chi connectivity index (χ4v) is 0.277. The second-order valence-electron chi connectivity index (χ2n) is 1.63. The maximum atomic E-state index is 10.3. The van der Waals surface area contributed by atoms with Gasteiger partial charge in [0.1, 0.15) is 0 Å². The fraction of sp³-hybridized carbons (Fsp3) is 0.600. The number of hydrogen-bond acceptors (Lipinski definition) is 3. The number of nitrogens with one attached hydrogen (secondary N) is 2. The lowest BCUT2D eigenvalue weighted by molar-refractivity contribution is 0.172. The second-order valence-corrected chi connectivity index (χ2v) is 1.63. The van der Waals surface area contributed by atoms with Crippen molar-refractivity contribution in [2.45, 2.75) is 6.92 Å². The monoisotopic (exact) mass is 130 g/mol. The zero-order valence-corrected chi connectivity index (χ0v) is 5.52. The summed E-state index contributed by atoms with van der Waals surface area (Å²) in [5, 5.41) is 9.24. The highest BCUT2D eigenvalue weighted by molar-refractivity contribution is 5.83. The van der Waals surface area contributed by atoms with Gasteiger partial charge in [0, 0.05) is 5.71 Å². The normalized spacial score (nSPS) is 8.22. The largest absolute Gasteiger partial charge is 0.453 e. The first-order valence-corrected chi connectivity index (χ1v) is 2.52. The number of alkyl carbamates (subject to hydrolysis) is 1. The molecule has 0 spiro atoms. The summed E-state index contributed by atoms with van der Waals surface area (Å²) in [4.78, 5) is 10.3. The standard InChI is InChI=1S/C5H10N2O2/c1-4(6)3-7-5(8)9-2/h6H,3H2,1-2H3,(H,7,8). The summed E-state index contributed by atoms with van der Waals surface area (Å²) in [5.74, 6) is 0. The molecule has 9 heavy (non-hydrogen) atoms. The number of hydrogen-bond donors (Lipinski definition) is 2. The van der Waals surface area contributed by atoms with E-state index in [0.717, 1.165) is 0 Å². The Morgan fingerprint density at radius 3 is 2.67 bits per heavy atom. The molecule has 52 valence electrons. The number of methoxy groups -OCH3 is 1. The van der Waals surface area contributed by atoms with Crippen LogP contribution in [-0.4, -0.2) is 25.5 Å². The molecule has 0 atom stereocenters. The molecule has 1 amide bonds. The maximum Gasteiger partial charge on any atom is 0.407 e. The molecule has 0 saturated carbocycles. The van der Waals surface area contributed by atoms with Crippen LogP contribution >= 0.6 is 0 Å². The molecule has 0 radical (unpaired) electrons. The first-order valence-electron chi connectivity index (χ1n) is 2.52. The van der Waals surface area contributed by atoms with Gasteiger partial charge in [-0.15, -0.1) is 0 Å². The number of carbonyl (C=O) groups excluding carboxylic acids is 1. The molecule has 0 heterocycles. The van der Waals surface area contributed by atoms with Crippen LogP contribution in [0.15, 0.2) is 0 Å². The molecule has 2 N–H and O–H groups in total. The molecule has 0 aromatic heterocycles. The summed E-state index contributed by atoms with van der Waals surface area (Å²) in [7, 11) is 1.29. The Morgan fingerprint density at radius 1 is 1.78 bits per heavy atom. The van der Waals surface area contributed by atoms with Crippen LogP contribution in [0.25, 0.3) is 0 Å². The van der Waals surface area contributed by atoms with Crippen LogP contribution in [0, 0.1) is 5.41 Å². The van der Waals surface area contributed by atoms with E-state index in [0.29, 0.717) is 5.71 Å². The lowest BCUT2D eigenvalue weighted by Crippen LogP contribution is -2.27. The van der Waals surface area contributed by atoms with Gasteiger partial charge >= 0.3 is 6.09 Å². The molecule has 0 rings (SSSR count). The Bertz CT molecular complexity index is 122. The van der Waals surface area contributed by atoms with Gasteiger partial charge in [-0.3, -0.25) is 0 Å². The Kier molecular flexibility index (Phi) is 3.43. The van der Waals surface area contributed by atoms with Gasteiger partial charge in [0.05, 0.1) is 13.7 Å². The minimum atomic E-state index is -0.499. The summed E-state index contributed by atoms with van der Waals surface area (Å²) >= 11 is 0. The van der Waals surface area contributed by atoms with Gasteiger partial charge in [-0.1, -0.05) is 0 Å². The Labute approximate surface area is 53.7 Å². The molecular formula is C5H10N2O2. The first-order chi connectivity index (χ1) is 4.16. The van der Waals surface area contributed by atoms with E-state index >= 15 is 0 Å². The zero-order valence-electron chi connectivity index (χ0n) is 5.52. The number of rotatable bonds is 2. The van der Waals surface area contributed by atoms with Crippen LogP contribution in [0.5, 0.6) is 0 Å². The molecule has 0 bridgehead atoms. The minimum Gasteiger partial charge on any atom is -0.453 e. The molecule has 4 heteroatoms. The molecule has 0 aliphatic carbocycles. The van der Waals surface area contributed by atoms with Crippen LogP contribution < -0.4 is 5.32 Å². The smallest absolute Gasteiger partial charge is 0.407 e. The highest BCUT2D eigenvalue weighted by Crippen LogP contribution is 1.70. The van der Waals surface area contributed by atoms with Gasteiger partial charge in [0.2, 0.25) is 0 Å². The number of carbonyl (C=O) groups is 1. The van der Waals surface area contributed by atoms with Crippen molar-refractivity contribution in [3.8, 4) is 0 Å². The fourth-order valence-electron chi connectivity index (χ4n) is 0.277. The quantitative estimate of drug-likeness (QED) is 0.531. The van der Waals surface area contributed by atoms with E-state index in [1.165, 1.54) is 7.11 Å². The van der Waals surface area contributed by atoms with Crippen LogP contribution in [0.3, 0.4) is 0 Å². The Morgan fingerprint density at radius 2 is 2.33 bits per heavy atom. The van der Waals surface area contributed by atoms with Gasteiger partial charge in [-0.05, 0) is 6.92 Å². The third-order valence-corrected chi connectivity index (χ3v) is 0.683. The number of amides is 1. The molecule has 0 fully saturated rings. The van der Waals surface area contributed by atoms with Crippen molar-refractivity contribution in [1.29, 1.82) is 5.41 Å². The summed E-state index contributed by atoms with van der Waals surface area (Å²) in [6, 6.07) is 0. The highest BCUT2D eigenvalue weighted by Gasteiger charge is 1.95. The van der Waals surface area contributed by atoms with Gasteiger partial charge in [0.25, 0.3) is 0 Å². The summed E-state index contributed by atoms with van der Waals surface area (Å²) < 4.78 is 4.25. The van der Waals surface area contributed by atoms with Gasteiger partial charge < -0.3 is 15.5 Å². The van der Waals surface area contributed by atoms with Gasteiger partial charge in [-0.2, -0.15) is 0 Å². The molecule has 0 aliphatic rings. The van der Waals surface area contributed by atoms with E-state index in [4.69, 9.17) is 5.41 Å². The van der Waals surface area contributed by atoms with Gasteiger partial charge in [-0.25, -0.2) is 4.79 Å². The Balaban J connectivity index is 3.28. The van der Waals surface area contributed by atoms with Crippen molar-refractivity contribution in [3.05, 3.63) is 0 Å². The topological polar surface area (TPSA) is 62.2 Å². The van der Waals surface area contributed by atoms with Gasteiger partial charge in [0.15, 0.2) is 0 Å². The predicted molar refractivity (Wildman–Crippen MR) is 33.8 cm³/mol. The van der Waals surface area contributed by atoms with Crippen molar-refractivity contribution in [2.24, 2.45) is 0 Å². The third-order valence-electron chi connectivity index (χ3n) is 0.683. The SMILES string of the molecule is COC(=O)NCC(C)=N. The van der Waals surface area contributed by atoms with Crippen LogP contribution in [0.1, 0.15) is 6.92 Å². The molecule has 0 unspecified atom stereocenters. The van der Waals surface area contributed by atoms with Crippen molar-refractivity contribution < 1.29 is 9.53 Å². The molecule has 0 aromatic carbocycles. The third kappa shape index (κ3) is 4.80. The van der Waals surface area contributed by atoms with E-state index in [1.54, 1.807) is 6.92 Å². The Hall–Kier alpha value is -1.06. The van der Waals surface area contributed by atoms with E-state index in [-0.39, 0.29) is 6.54 Å². The summed E-state index contributed by atoms with van der Waals surface area (Å²) in [6.07, 6.45) is -0.499. The highest BCUT2D eigenvalue weighted by atomic mass is 16.5. The van der Waals surface area contributed by atoms with E-state index < -0.39 is 6.09 Å².